The number of hydrogen-bond donors (Lipinski definition) is 2. The smallest absolute Gasteiger partial charge is 0.191 e. The Morgan fingerprint density at radius 1 is 1.13 bits per heavy atom. The van der Waals surface area contributed by atoms with Gasteiger partial charge in [-0.2, -0.15) is 5.10 Å². The number of aromatic nitrogens is 2. The lowest BCUT2D eigenvalue weighted by Gasteiger charge is -2.30. The summed E-state index contributed by atoms with van der Waals surface area (Å²) in [4.78, 5) is 4.90. The van der Waals surface area contributed by atoms with Gasteiger partial charge in [0.1, 0.15) is 0 Å². The lowest BCUT2D eigenvalue weighted by molar-refractivity contribution is 0.105. The van der Waals surface area contributed by atoms with E-state index in [4.69, 9.17) is 9.73 Å². The molecule has 1 aromatic heterocycles. The Hall–Kier alpha value is -2.34. The minimum absolute atomic E-state index is 0.337. The Kier molecular flexibility index (Phi) is 8.75. The van der Waals surface area contributed by atoms with Crippen LogP contribution in [0.5, 0.6) is 0 Å². The predicted octanol–water partition coefficient (Wildman–Crippen LogP) is 3.97. The van der Waals surface area contributed by atoms with Gasteiger partial charge in [-0.25, -0.2) is 4.99 Å². The van der Waals surface area contributed by atoms with Crippen LogP contribution in [0.25, 0.3) is 0 Å². The number of nitrogens with zero attached hydrogens (tertiary/aromatic N) is 3. The van der Waals surface area contributed by atoms with Crippen molar-refractivity contribution in [2.75, 3.05) is 26.3 Å². The molecule has 2 aromatic rings. The minimum atomic E-state index is 0.337. The van der Waals surface area contributed by atoms with Crippen LogP contribution in [0, 0.1) is 5.41 Å². The van der Waals surface area contributed by atoms with Crippen molar-refractivity contribution in [2.24, 2.45) is 10.4 Å². The van der Waals surface area contributed by atoms with Crippen molar-refractivity contribution in [1.82, 2.24) is 20.4 Å². The molecule has 6 heteroatoms. The third-order valence-electron chi connectivity index (χ3n) is 6.04. The lowest BCUT2D eigenvalue weighted by atomic mass is 9.83. The molecular formula is C24H37N5O. The Bertz CT molecular complexity index is 766. The normalized spacial score (nSPS) is 16.0. The molecule has 0 bridgehead atoms. The van der Waals surface area contributed by atoms with E-state index in [2.05, 4.69) is 53.8 Å². The Labute approximate surface area is 181 Å². The molecule has 1 aliphatic carbocycles. The minimum Gasteiger partial charge on any atom is -0.382 e. The van der Waals surface area contributed by atoms with Gasteiger partial charge in [0.25, 0.3) is 0 Å². The topological polar surface area (TPSA) is 63.5 Å². The molecule has 2 N–H and O–H groups in total. The Morgan fingerprint density at radius 3 is 2.63 bits per heavy atom. The first-order valence-electron chi connectivity index (χ1n) is 11.4. The zero-order valence-electron chi connectivity index (χ0n) is 18.6. The summed E-state index contributed by atoms with van der Waals surface area (Å²) in [5.74, 6) is 0.897. The highest BCUT2D eigenvalue weighted by atomic mass is 16.5. The predicted molar refractivity (Wildman–Crippen MR) is 123 cm³/mol. The van der Waals surface area contributed by atoms with Crippen LogP contribution in [0.2, 0.25) is 0 Å². The van der Waals surface area contributed by atoms with Gasteiger partial charge in [-0.3, -0.25) is 4.68 Å². The first-order chi connectivity index (χ1) is 14.7. The van der Waals surface area contributed by atoms with Crippen LogP contribution >= 0.6 is 0 Å². The third kappa shape index (κ3) is 6.59. The van der Waals surface area contributed by atoms with Gasteiger partial charge in [-0.15, -0.1) is 0 Å². The fourth-order valence-corrected chi connectivity index (χ4v) is 4.28. The van der Waals surface area contributed by atoms with Gasteiger partial charge in [-0.1, -0.05) is 37.1 Å². The molecule has 30 heavy (non-hydrogen) atoms. The summed E-state index contributed by atoms with van der Waals surface area (Å²) in [6.07, 6.45) is 10.1. The van der Waals surface area contributed by atoms with E-state index in [1.54, 1.807) is 0 Å². The summed E-state index contributed by atoms with van der Waals surface area (Å²) < 4.78 is 7.61. The highest BCUT2D eigenvalue weighted by molar-refractivity contribution is 5.79. The molecule has 1 aromatic carbocycles. The molecule has 1 aliphatic rings. The van der Waals surface area contributed by atoms with Crippen molar-refractivity contribution >= 4 is 5.96 Å². The molecule has 164 valence electrons. The van der Waals surface area contributed by atoms with Crippen LogP contribution in [0.4, 0.5) is 0 Å². The molecule has 0 spiro atoms. The number of nitrogens with one attached hydrogen (secondary N) is 2. The largest absolute Gasteiger partial charge is 0.382 e. The quantitative estimate of drug-likeness (QED) is 0.334. The molecule has 6 nitrogen and oxygen atoms in total. The van der Waals surface area contributed by atoms with E-state index < -0.39 is 0 Å². The van der Waals surface area contributed by atoms with Gasteiger partial charge in [0, 0.05) is 38.7 Å². The molecule has 0 unspecified atom stereocenters. The van der Waals surface area contributed by atoms with E-state index in [1.165, 1.54) is 36.8 Å². The van der Waals surface area contributed by atoms with E-state index >= 15 is 0 Å². The SMILES string of the molecule is CCNC(=NCc1ccccc1Cn1cccn1)NCC1(CCOCC)CCCC1. The summed E-state index contributed by atoms with van der Waals surface area (Å²) in [5.41, 5.74) is 2.82. The lowest BCUT2D eigenvalue weighted by Crippen LogP contribution is -2.43. The van der Waals surface area contributed by atoms with Crippen molar-refractivity contribution in [3.05, 3.63) is 53.9 Å². The summed E-state index contributed by atoms with van der Waals surface area (Å²) in [6.45, 7) is 9.07. The van der Waals surface area contributed by atoms with E-state index in [0.717, 1.165) is 45.2 Å². The number of aliphatic imine (C=N–C) groups is 1. The van der Waals surface area contributed by atoms with Crippen LogP contribution in [-0.2, 0) is 17.8 Å². The zero-order valence-corrected chi connectivity index (χ0v) is 18.6. The van der Waals surface area contributed by atoms with E-state index in [1.807, 2.05) is 23.1 Å². The van der Waals surface area contributed by atoms with Gasteiger partial charge < -0.3 is 15.4 Å². The molecule has 0 atom stereocenters. The molecule has 0 amide bonds. The Balaban J connectivity index is 1.63. The first kappa shape index (κ1) is 22.3. The average molecular weight is 412 g/mol. The number of rotatable bonds is 11. The fraction of sp³-hybridized carbons (Fsp3) is 0.583. The second-order valence-corrected chi connectivity index (χ2v) is 8.18. The van der Waals surface area contributed by atoms with Crippen molar-refractivity contribution in [3.8, 4) is 0 Å². The van der Waals surface area contributed by atoms with Crippen molar-refractivity contribution in [1.29, 1.82) is 0 Å². The zero-order chi connectivity index (χ0) is 21.1. The molecule has 0 radical (unpaired) electrons. The number of ether oxygens (including phenoxy) is 1. The monoisotopic (exact) mass is 411 g/mol. The van der Waals surface area contributed by atoms with Crippen molar-refractivity contribution in [2.45, 2.75) is 59.0 Å². The van der Waals surface area contributed by atoms with Crippen LogP contribution in [0.15, 0.2) is 47.7 Å². The summed E-state index contributed by atoms with van der Waals surface area (Å²) >= 11 is 0. The van der Waals surface area contributed by atoms with E-state index in [9.17, 15) is 0 Å². The maximum atomic E-state index is 5.66. The van der Waals surface area contributed by atoms with Crippen molar-refractivity contribution in [3.63, 3.8) is 0 Å². The fourth-order valence-electron chi connectivity index (χ4n) is 4.28. The van der Waals surface area contributed by atoms with Crippen molar-refractivity contribution < 1.29 is 4.74 Å². The summed E-state index contributed by atoms with van der Waals surface area (Å²) in [7, 11) is 0. The van der Waals surface area contributed by atoms with E-state index in [0.29, 0.717) is 12.0 Å². The number of guanidine groups is 1. The van der Waals surface area contributed by atoms with Gasteiger partial charge in [0.2, 0.25) is 0 Å². The highest BCUT2D eigenvalue weighted by Gasteiger charge is 2.33. The van der Waals surface area contributed by atoms with Crippen LogP contribution in [0.1, 0.15) is 57.1 Å². The van der Waals surface area contributed by atoms with Crippen LogP contribution in [0.3, 0.4) is 0 Å². The van der Waals surface area contributed by atoms with Gasteiger partial charge >= 0.3 is 0 Å². The molecule has 0 aliphatic heterocycles. The standard InChI is InChI=1S/C24H37N5O/c1-3-25-23(27-20-24(12-7-8-13-24)14-17-30-4-2)26-18-21-10-5-6-11-22(21)19-29-16-9-15-28-29/h5-6,9-11,15-16H,3-4,7-8,12-14,17-20H2,1-2H3,(H2,25,26,27). The molecule has 1 fully saturated rings. The van der Waals surface area contributed by atoms with Gasteiger partial charge in [0.05, 0.1) is 13.1 Å². The number of hydrogen-bond acceptors (Lipinski definition) is 3. The second kappa shape index (κ2) is 11.7. The van der Waals surface area contributed by atoms with E-state index in [-0.39, 0.29) is 0 Å². The Morgan fingerprint density at radius 2 is 1.93 bits per heavy atom. The molecule has 3 rings (SSSR count). The van der Waals surface area contributed by atoms with Crippen LogP contribution in [-0.4, -0.2) is 42.0 Å². The summed E-state index contributed by atoms with van der Waals surface area (Å²) in [6, 6.07) is 10.4. The average Bonchev–Trinajstić information content (AvgIpc) is 3.44. The highest BCUT2D eigenvalue weighted by Crippen LogP contribution is 2.40. The molecule has 1 heterocycles. The third-order valence-corrected chi connectivity index (χ3v) is 6.04. The van der Waals surface area contributed by atoms with Gasteiger partial charge in [-0.05, 0) is 55.7 Å². The van der Waals surface area contributed by atoms with Gasteiger partial charge in [0.15, 0.2) is 5.96 Å². The molecule has 1 saturated carbocycles. The van der Waals surface area contributed by atoms with Crippen LogP contribution < -0.4 is 10.6 Å². The number of benzene rings is 1. The maximum absolute atomic E-state index is 5.66. The molecule has 0 saturated heterocycles. The summed E-state index contributed by atoms with van der Waals surface area (Å²) in [5, 5.41) is 11.4. The first-order valence-corrected chi connectivity index (χ1v) is 11.4. The molecular weight excluding hydrogens is 374 g/mol. The second-order valence-electron chi connectivity index (χ2n) is 8.18. The maximum Gasteiger partial charge on any atom is 0.191 e.